The van der Waals surface area contributed by atoms with Gasteiger partial charge in [0, 0.05) is 6.42 Å². The molecule has 32 heavy (non-hydrogen) atoms. The maximum atomic E-state index is 10.4. The van der Waals surface area contributed by atoms with Crippen LogP contribution in [0, 0.1) is 11.3 Å². The summed E-state index contributed by atoms with van der Waals surface area (Å²) < 4.78 is 16.9. The summed E-state index contributed by atoms with van der Waals surface area (Å²) in [5, 5.41) is 49.5. The Morgan fingerprint density at radius 1 is 1.03 bits per heavy atom. The fraction of sp³-hybridized carbons (Fsp3) is 0.458. The molecular formula is C24H27NO7. The average Bonchev–Trinajstić information content (AvgIpc) is 3.32. The predicted octanol–water partition coefficient (Wildman–Crippen LogP) is 0.832. The predicted molar refractivity (Wildman–Crippen MR) is 113 cm³/mol. The molecular weight excluding hydrogens is 414 g/mol. The lowest BCUT2D eigenvalue weighted by Crippen LogP contribution is -2.55. The highest BCUT2D eigenvalue weighted by Gasteiger charge is 2.44. The number of nitriles is 1. The van der Waals surface area contributed by atoms with Crippen LogP contribution in [0.4, 0.5) is 0 Å². The molecule has 2 aromatic rings. The number of aliphatic hydroxyl groups excluding tert-OH is 4. The summed E-state index contributed by atoms with van der Waals surface area (Å²) in [7, 11) is 0. The van der Waals surface area contributed by atoms with E-state index in [1.54, 1.807) is 18.2 Å². The number of hydrogen-bond donors (Lipinski definition) is 4. The third-order valence-corrected chi connectivity index (χ3v) is 5.98. The molecule has 2 aliphatic rings. The number of ether oxygens (including phenoxy) is 3. The highest BCUT2D eigenvalue weighted by molar-refractivity contribution is 5.44. The van der Waals surface area contributed by atoms with Crippen LogP contribution in [0.5, 0.6) is 5.75 Å². The Morgan fingerprint density at radius 2 is 1.81 bits per heavy atom. The molecule has 2 saturated heterocycles. The zero-order valence-electron chi connectivity index (χ0n) is 17.5. The van der Waals surface area contributed by atoms with E-state index in [-0.39, 0.29) is 6.10 Å². The van der Waals surface area contributed by atoms with Crippen molar-refractivity contribution in [3.05, 3.63) is 64.7 Å². The van der Waals surface area contributed by atoms with Crippen molar-refractivity contribution in [3.8, 4) is 11.8 Å². The van der Waals surface area contributed by atoms with Crippen molar-refractivity contribution in [1.82, 2.24) is 0 Å². The second kappa shape index (κ2) is 9.96. The average molecular weight is 441 g/mol. The lowest BCUT2D eigenvalue weighted by atomic mass is 9.89. The number of benzene rings is 2. The topological polar surface area (TPSA) is 132 Å². The summed E-state index contributed by atoms with van der Waals surface area (Å²) in [6, 6.07) is 14.9. The molecule has 4 N–H and O–H groups in total. The minimum absolute atomic E-state index is 0.0706. The van der Waals surface area contributed by atoms with Crippen LogP contribution < -0.4 is 4.74 Å². The molecule has 4 rings (SSSR count). The van der Waals surface area contributed by atoms with Crippen molar-refractivity contribution in [2.45, 2.75) is 49.5 Å². The van der Waals surface area contributed by atoms with E-state index in [0.29, 0.717) is 30.8 Å². The molecule has 170 valence electrons. The maximum Gasteiger partial charge on any atom is 0.124 e. The van der Waals surface area contributed by atoms with Crippen LogP contribution in [0.15, 0.2) is 42.5 Å². The second-order valence-electron chi connectivity index (χ2n) is 8.20. The number of nitrogens with zero attached hydrogens (tertiary/aromatic N) is 1. The Labute approximate surface area is 186 Å². The summed E-state index contributed by atoms with van der Waals surface area (Å²) >= 11 is 0. The molecule has 0 bridgehead atoms. The van der Waals surface area contributed by atoms with Gasteiger partial charge in [0.05, 0.1) is 31.5 Å². The summed E-state index contributed by atoms with van der Waals surface area (Å²) in [4.78, 5) is 0. The molecule has 0 unspecified atom stereocenters. The molecule has 0 radical (unpaired) electrons. The maximum absolute atomic E-state index is 10.4. The van der Waals surface area contributed by atoms with Crippen LogP contribution in [-0.4, -0.2) is 70.8 Å². The molecule has 6 atom stereocenters. The van der Waals surface area contributed by atoms with Crippen LogP contribution in [0.25, 0.3) is 0 Å². The van der Waals surface area contributed by atoms with E-state index in [2.05, 4.69) is 6.07 Å². The molecule has 2 aliphatic heterocycles. The first-order chi connectivity index (χ1) is 15.5. The van der Waals surface area contributed by atoms with Gasteiger partial charge in [0.25, 0.3) is 0 Å². The Balaban J connectivity index is 1.53. The van der Waals surface area contributed by atoms with Gasteiger partial charge in [0.15, 0.2) is 0 Å². The molecule has 2 heterocycles. The fourth-order valence-corrected chi connectivity index (χ4v) is 4.13. The van der Waals surface area contributed by atoms with Gasteiger partial charge in [-0.15, -0.1) is 0 Å². The molecule has 2 fully saturated rings. The molecule has 0 amide bonds. The van der Waals surface area contributed by atoms with Gasteiger partial charge >= 0.3 is 0 Å². The van der Waals surface area contributed by atoms with E-state index in [4.69, 9.17) is 14.2 Å². The van der Waals surface area contributed by atoms with Crippen molar-refractivity contribution in [2.24, 2.45) is 0 Å². The summed E-state index contributed by atoms with van der Waals surface area (Å²) in [5.41, 5.74) is 2.75. The molecule has 2 aromatic carbocycles. The van der Waals surface area contributed by atoms with Crippen LogP contribution in [0.2, 0.25) is 0 Å². The monoisotopic (exact) mass is 441 g/mol. The summed E-state index contributed by atoms with van der Waals surface area (Å²) in [6.45, 7) is 0.814. The molecule has 8 heteroatoms. The van der Waals surface area contributed by atoms with Gasteiger partial charge in [0.2, 0.25) is 0 Å². The van der Waals surface area contributed by atoms with Gasteiger partial charge in [0.1, 0.15) is 42.4 Å². The first-order valence-corrected chi connectivity index (χ1v) is 10.7. The van der Waals surface area contributed by atoms with Crippen molar-refractivity contribution >= 4 is 0 Å². The van der Waals surface area contributed by atoms with E-state index in [9.17, 15) is 25.7 Å². The molecule has 0 spiro atoms. The lowest BCUT2D eigenvalue weighted by molar-refractivity contribution is -0.231. The van der Waals surface area contributed by atoms with Gasteiger partial charge < -0.3 is 34.6 Å². The van der Waals surface area contributed by atoms with Gasteiger partial charge in [-0.3, -0.25) is 0 Å². The largest absolute Gasteiger partial charge is 0.488 e. The van der Waals surface area contributed by atoms with Gasteiger partial charge in [-0.1, -0.05) is 24.3 Å². The minimum Gasteiger partial charge on any atom is -0.488 e. The second-order valence-corrected chi connectivity index (χ2v) is 8.20. The van der Waals surface area contributed by atoms with Crippen molar-refractivity contribution in [2.75, 3.05) is 19.8 Å². The quantitative estimate of drug-likeness (QED) is 0.518. The van der Waals surface area contributed by atoms with Crippen molar-refractivity contribution < 1.29 is 34.6 Å². The molecule has 0 saturated carbocycles. The Morgan fingerprint density at radius 3 is 2.47 bits per heavy atom. The molecule has 0 aromatic heterocycles. The third-order valence-electron chi connectivity index (χ3n) is 5.98. The smallest absolute Gasteiger partial charge is 0.124 e. The Kier molecular flexibility index (Phi) is 7.06. The first-order valence-electron chi connectivity index (χ1n) is 10.7. The Hall–Kier alpha value is -2.51. The van der Waals surface area contributed by atoms with E-state index >= 15 is 0 Å². The number of rotatable bonds is 6. The molecule has 8 nitrogen and oxygen atoms in total. The highest BCUT2D eigenvalue weighted by atomic mass is 16.5. The summed E-state index contributed by atoms with van der Waals surface area (Å²) in [5.74, 6) is 0.764. The normalized spacial score (nSPS) is 30.1. The van der Waals surface area contributed by atoms with E-state index in [1.807, 2.05) is 24.3 Å². The van der Waals surface area contributed by atoms with Crippen LogP contribution in [0.1, 0.15) is 34.8 Å². The van der Waals surface area contributed by atoms with Gasteiger partial charge in [-0.05, 0) is 41.3 Å². The minimum atomic E-state index is -1.46. The lowest BCUT2D eigenvalue weighted by Gasteiger charge is -2.40. The standard InChI is InChI=1S/C24H27NO7/c25-11-16-4-3-15(24-23(29)22(28)21(27)20(12-26)32-24)10-17(16)9-14-1-5-18(6-2-14)31-19-7-8-30-13-19/h1-6,10,19-24,26-29H,7-9,12-13H2/t19-,20+,21+,22-,23+,24-/m0/s1. The van der Waals surface area contributed by atoms with E-state index in [0.717, 1.165) is 23.3 Å². The van der Waals surface area contributed by atoms with Gasteiger partial charge in [-0.2, -0.15) is 5.26 Å². The van der Waals surface area contributed by atoms with Crippen LogP contribution in [0.3, 0.4) is 0 Å². The van der Waals surface area contributed by atoms with Crippen molar-refractivity contribution in [1.29, 1.82) is 5.26 Å². The molecule has 0 aliphatic carbocycles. The summed E-state index contributed by atoms with van der Waals surface area (Å²) in [6.07, 6.45) is -4.76. The number of hydrogen-bond acceptors (Lipinski definition) is 8. The van der Waals surface area contributed by atoms with Crippen LogP contribution in [-0.2, 0) is 15.9 Å². The number of aliphatic hydroxyl groups is 4. The zero-order valence-corrected chi connectivity index (χ0v) is 17.5. The van der Waals surface area contributed by atoms with E-state index < -0.39 is 37.1 Å². The SMILES string of the molecule is N#Cc1ccc([C@@H]2O[C@H](CO)[C@@H](O)[C@H](O)[C@H]2O)cc1Cc1ccc(O[C@H]2CCOC2)cc1. The third kappa shape index (κ3) is 4.79. The first kappa shape index (κ1) is 22.7. The van der Waals surface area contributed by atoms with Crippen LogP contribution >= 0.6 is 0 Å². The highest BCUT2D eigenvalue weighted by Crippen LogP contribution is 2.33. The fourth-order valence-electron chi connectivity index (χ4n) is 4.13. The van der Waals surface area contributed by atoms with Gasteiger partial charge in [-0.25, -0.2) is 0 Å². The van der Waals surface area contributed by atoms with E-state index in [1.165, 1.54) is 0 Å². The zero-order chi connectivity index (χ0) is 22.7. The van der Waals surface area contributed by atoms with Crippen molar-refractivity contribution in [3.63, 3.8) is 0 Å². The Bertz CT molecular complexity index is 950.